The molecular formula is C28H32FN3O8. The van der Waals surface area contributed by atoms with Crippen molar-refractivity contribution in [3.8, 4) is 5.75 Å². The largest absolute Gasteiger partial charge is 0.507 e. The molecule has 12 heteroatoms. The Hall–Kier alpha value is -3.06. The van der Waals surface area contributed by atoms with Crippen molar-refractivity contribution in [2.75, 3.05) is 27.2 Å². The zero-order valence-corrected chi connectivity index (χ0v) is 22.3. The van der Waals surface area contributed by atoms with Gasteiger partial charge in [-0.1, -0.05) is 0 Å². The number of benzene rings is 1. The Morgan fingerprint density at radius 2 is 1.85 bits per heavy atom. The zero-order valence-electron chi connectivity index (χ0n) is 22.3. The standard InChI is InChI=1S/C28H32FN3O8/c1-31(2)21-16-7-11-6-13-18(22(33)15-10-32(9-14(15)20(13)29)8-12-4-3-5-40-12)23(34)17(11)25(36)28(16,39)26(37)19(24(21)35)27(30)38/h11-12,16-17,19,21,33,39H,3-10H2,1-2H3,(H2,30,38)/t11-,12-,16-,17?,19?,21-,28-/m0/s1. The molecule has 2 unspecified atom stereocenters. The SMILES string of the molecule is CN(C)[C@@H]1C(=O)C(C(N)=O)C(=O)[C@@]2(O)C(=O)C3C(=O)c4c(O)c5c(c(F)c4C[C@H]3C[C@@H]12)CN(C[C@@H]1CCCO1)C5. The smallest absolute Gasteiger partial charge is 0.235 e. The molecule has 6 rings (SSSR count). The van der Waals surface area contributed by atoms with Crippen LogP contribution >= 0.6 is 0 Å². The number of halogens is 1. The van der Waals surface area contributed by atoms with Gasteiger partial charge in [0.15, 0.2) is 34.7 Å². The third-order valence-electron chi connectivity index (χ3n) is 9.62. The average Bonchev–Trinajstić information content (AvgIpc) is 3.55. The Bertz CT molecular complexity index is 1370. The maximum Gasteiger partial charge on any atom is 0.235 e. The van der Waals surface area contributed by atoms with Gasteiger partial charge >= 0.3 is 0 Å². The number of phenolic OH excluding ortho intramolecular Hbond substituents is 1. The van der Waals surface area contributed by atoms with E-state index < -0.39 is 75.9 Å². The lowest BCUT2D eigenvalue weighted by Gasteiger charge is -2.52. The number of hydrogen-bond donors (Lipinski definition) is 3. The molecule has 3 aliphatic carbocycles. The summed E-state index contributed by atoms with van der Waals surface area (Å²) in [6, 6.07) is -1.20. The minimum absolute atomic E-state index is 0.00424. The van der Waals surface area contributed by atoms with Crippen molar-refractivity contribution in [2.45, 2.75) is 56.5 Å². The summed E-state index contributed by atoms with van der Waals surface area (Å²) < 4.78 is 21.7. The fraction of sp³-hybridized carbons (Fsp3) is 0.607. The van der Waals surface area contributed by atoms with E-state index in [2.05, 4.69) is 0 Å². The van der Waals surface area contributed by atoms with E-state index in [0.717, 1.165) is 12.8 Å². The highest BCUT2D eigenvalue weighted by Crippen LogP contribution is 2.52. The predicted molar refractivity (Wildman–Crippen MR) is 134 cm³/mol. The first-order chi connectivity index (χ1) is 18.9. The maximum absolute atomic E-state index is 16.0. The Labute approximate surface area is 229 Å². The number of hydrogen-bond acceptors (Lipinski definition) is 10. The number of ketones is 4. The number of amides is 1. The summed E-state index contributed by atoms with van der Waals surface area (Å²) in [6.45, 7) is 1.67. The van der Waals surface area contributed by atoms with Crippen LogP contribution in [0.25, 0.3) is 0 Å². The number of nitrogens with two attached hydrogens (primary N) is 1. The fourth-order valence-corrected chi connectivity index (χ4v) is 7.84. The number of ether oxygens (including phenoxy) is 1. The molecule has 11 nitrogen and oxygen atoms in total. The van der Waals surface area contributed by atoms with E-state index in [-0.39, 0.29) is 48.7 Å². The number of primary amides is 1. The predicted octanol–water partition coefficient (Wildman–Crippen LogP) is -0.499. The van der Waals surface area contributed by atoms with E-state index in [9.17, 15) is 34.2 Å². The first-order valence-electron chi connectivity index (χ1n) is 13.6. The fourth-order valence-electron chi connectivity index (χ4n) is 7.84. The van der Waals surface area contributed by atoms with Gasteiger partial charge in [0, 0.05) is 48.8 Å². The molecule has 0 bridgehead atoms. The van der Waals surface area contributed by atoms with Crippen molar-refractivity contribution >= 4 is 29.0 Å². The number of nitrogens with zero attached hydrogens (tertiary/aromatic N) is 2. The molecule has 2 saturated carbocycles. The molecule has 214 valence electrons. The first kappa shape index (κ1) is 27.1. The molecule has 2 heterocycles. The number of phenols is 1. The number of rotatable bonds is 4. The van der Waals surface area contributed by atoms with Crippen molar-refractivity contribution in [1.82, 2.24) is 9.80 Å². The molecule has 1 aromatic rings. The number of aliphatic hydroxyl groups is 1. The Morgan fingerprint density at radius 3 is 2.48 bits per heavy atom. The van der Waals surface area contributed by atoms with Crippen LogP contribution in [0.5, 0.6) is 5.75 Å². The molecule has 40 heavy (non-hydrogen) atoms. The van der Waals surface area contributed by atoms with Gasteiger partial charge in [-0.3, -0.25) is 33.8 Å². The summed E-state index contributed by atoms with van der Waals surface area (Å²) in [5, 5.41) is 22.9. The molecular weight excluding hydrogens is 525 g/mol. The Morgan fingerprint density at radius 1 is 1.15 bits per heavy atom. The molecule has 1 saturated heterocycles. The summed E-state index contributed by atoms with van der Waals surface area (Å²) in [4.78, 5) is 69.7. The van der Waals surface area contributed by atoms with E-state index in [1.54, 1.807) is 0 Å². The lowest BCUT2D eigenvalue weighted by Crippen LogP contribution is -2.74. The maximum atomic E-state index is 16.0. The topological polar surface area (TPSA) is 168 Å². The minimum Gasteiger partial charge on any atom is -0.507 e. The third kappa shape index (κ3) is 3.59. The van der Waals surface area contributed by atoms with Crippen molar-refractivity contribution < 1.29 is 43.3 Å². The van der Waals surface area contributed by atoms with Gasteiger partial charge in [-0.05, 0) is 45.7 Å². The summed E-state index contributed by atoms with van der Waals surface area (Å²) >= 11 is 0. The van der Waals surface area contributed by atoms with E-state index in [1.165, 1.54) is 19.0 Å². The number of carbonyl (C=O) groups is 5. The second kappa shape index (κ2) is 9.23. The second-order valence-corrected chi connectivity index (χ2v) is 12.1. The zero-order chi connectivity index (χ0) is 28.8. The van der Waals surface area contributed by atoms with Crippen LogP contribution < -0.4 is 5.73 Å². The average molecular weight is 558 g/mol. The van der Waals surface area contributed by atoms with Crippen LogP contribution in [0.1, 0.15) is 46.3 Å². The quantitative estimate of drug-likeness (QED) is 0.411. The molecule has 2 aliphatic heterocycles. The molecule has 1 amide bonds. The van der Waals surface area contributed by atoms with Gasteiger partial charge in [0.2, 0.25) is 5.91 Å². The van der Waals surface area contributed by atoms with Crippen LogP contribution in [0.15, 0.2) is 0 Å². The van der Waals surface area contributed by atoms with Crippen LogP contribution in [0.2, 0.25) is 0 Å². The van der Waals surface area contributed by atoms with Crippen LogP contribution in [-0.4, -0.2) is 94.0 Å². The molecule has 0 spiro atoms. The van der Waals surface area contributed by atoms with Gasteiger partial charge in [-0.15, -0.1) is 0 Å². The lowest BCUT2D eigenvalue weighted by atomic mass is 9.52. The van der Waals surface area contributed by atoms with Crippen molar-refractivity contribution in [2.24, 2.45) is 29.4 Å². The Kier molecular flexibility index (Phi) is 6.26. The summed E-state index contributed by atoms with van der Waals surface area (Å²) in [7, 11) is 3.02. The number of carbonyl (C=O) groups excluding carboxylic acids is 5. The number of aromatic hydroxyl groups is 1. The van der Waals surface area contributed by atoms with Gasteiger partial charge in [0.25, 0.3) is 0 Å². The Balaban J connectivity index is 1.40. The van der Waals surface area contributed by atoms with Crippen LogP contribution in [0, 0.1) is 29.5 Å². The summed E-state index contributed by atoms with van der Waals surface area (Å²) in [6.07, 6.45) is 1.63. The van der Waals surface area contributed by atoms with E-state index in [4.69, 9.17) is 10.5 Å². The highest BCUT2D eigenvalue weighted by Gasteiger charge is 2.69. The van der Waals surface area contributed by atoms with Crippen LogP contribution in [0.3, 0.4) is 0 Å². The van der Waals surface area contributed by atoms with Crippen molar-refractivity contribution in [3.63, 3.8) is 0 Å². The van der Waals surface area contributed by atoms with E-state index in [1.807, 2.05) is 4.90 Å². The molecule has 3 fully saturated rings. The summed E-state index contributed by atoms with van der Waals surface area (Å²) in [5.41, 5.74) is 2.81. The van der Waals surface area contributed by atoms with E-state index >= 15 is 4.39 Å². The highest BCUT2D eigenvalue weighted by molar-refractivity contribution is 6.32. The number of Topliss-reactive ketones (excluding diaryl/α,β-unsaturated/α-hetero) is 4. The van der Waals surface area contributed by atoms with Gasteiger partial charge in [-0.2, -0.15) is 0 Å². The summed E-state index contributed by atoms with van der Waals surface area (Å²) in [5.74, 6) is -12.1. The normalized spacial score (nSPS) is 35.5. The van der Waals surface area contributed by atoms with Gasteiger partial charge in [0.05, 0.1) is 23.6 Å². The number of likely N-dealkylation sites (N-methyl/N-ethyl adjacent to an activating group) is 1. The molecule has 0 aromatic heterocycles. The molecule has 4 N–H and O–H groups in total. The van der Waals surface area contributed by atoms with Gasteiger partial charge in [-0.25, -0.2) is 4.39 Å². The third-order valence-corrected chi connectivity index (χ3v) is 9.62. The van der Waals surface area contributed by atoms with Gasteiger partial charge < -0.3 is 20.7 Å². The molecule has 5 aliphatic rings. The molecule has 1 aromatic carbocycles. The van der Waals surface area contributed by atoms with Crippen LogP contribution in [0.4, 0.5) is 4.39 Å². The van der Waals surface area contributed by atoms with E-state index in [0.29, 0.717) is 18.7 Å². The minimum atomic E-state index is -2.81. The highest BCUT2D eigenvalue weighted by atomic mass is 19.1. The van der Waals surface area contributed by atoms with Crippen molar-refractivity contribution in [1.29, 1.82) is 0 Å². The first-order valence-corrected chi connectivity index (χ1v) is 13.6. The molecule has 0 radical (unpaired) electrons. The molecule has 7 atom stereocenters. The van der Waals surface area contributed by atoms with Crippen LogP contribution in [-0.2, 0) is 43.4 Å². The number of fused-ring (bicyclic) bond motifs is 4. The second-order valence-electron chi connectivity index (χ2n) is 12.1. The van der Waals surface area contributed by atoms with Gasteiger partial charge in [0.1, 0.15) is 11.6 Å². The monoisotopic (exact) mass is 557 g/mol. The van der Waals surface area contributed by atoms with Crippen molar-refractivity contribution in [3.05, 3.63) is 28.1 Å². The lowest BCUT2D eigenvalue weighted by molar-refractivity contribution is -0.181.